The van der Waals surface area contributed by atoms with Crippen molar-refractivity contribution in [3.05, 3.63) is 93.5 Å². The third-order valence-electron chi connectivity index (χ3n) is 4.45. The fraction of sp³-hybridized carbons (Fsp3) is 0.0952. The first-order chi connectivity index (χ1) is 13.7. The van der Waals surface area contributed by atoms with Gasteiger partial charge < -0.3 is 0 Å². The lowest BCUT2D eigenvalue weighted by Crippen LogP contribution is -2.31. The van der Waals surface area contributed by atoms with E-state index in [2.05, 4.69) is 4.72 Å². The van der Waals surface area contributed by atoms with Gasteiger partial charge >= 0.3 is 0 Å². The predicted octanol–water partition coefficient (Wildman–Crippen LogP) is 4.00. The molecule has 0 unspecified atom stereocenters. The van der Waals surface area contributed by atoms with E-state index in [1.165, 1.54) is 36.4 Å². The maximum Gasteiger partial charge on any atom is 0.269 e. The Morgan fingerprint density at radius 2 is 1.55 bits per heavy atom. The number of nitrogens with zero attached hydrogens (tertiary/aromatic N) is 1. The average Bonchev–Trinajstić information content (AvgIpc) is 2.67. The van der Waals surface area contributed by atoms with E-state index in [4.69, 9.17) is 0 Å². The number of hydrogen-bond acceptors (Lipinski definition) is 5. The van der Waals surface area contributed by atoms with Crippen LogP contribution in [0.5, 0.6) is 0 Å². The molecule has 0 saturated carbocycles. The van der Waals surface area contributed by atoms with Gasteiger partial charge in [-0.05, 0) is 54.8 Å². The summed E-state index contributed by atoms with van der Waals surface area (Å²) in [4.78, 5) is 23.2. The number of nitro groups is 1. The smallest absolute Gasteiger partial charge is 0.268 e. The van der Waals surface area contributed by atoms with Crippen LogP contribution in [-0.4, -0.2) is 19.2 Å². The summed E-state index contributed by atoms with van der Waals surface area (Å²) in [5.74, 6) is -0.767. The van der Waals surface area contributed by atoms with Crippen LogP contribution in [0.4, 0.5) is 5.69 Å². The van der Waals surface area contributed by atoms with Crippen molar-refractivity contribution >= 4 is 21.6 Å². The molecular weight excluding hydrogens is 392 g/mol. The van der Waals surface area contributed by atoms with Crippen LogP contribution in [0.1, 0.15) is 21.5 Å². The third kappa shape index (κ3) is 4.33. The number of sulfonamides is 1. The number of nitro benzene ring substituents is 1. The van der Waals surface area contributed by atoms with Crippen LogP contribution in [0.25, 0.3) is 11.1 Å². The summed E-state index contributed by atoms with van der Waals surface area (Å²) < 4.78 is 27.3. The van der Waals surface area contributed by atoms with Crippen LogP contribution in [0.3, 0.4) is 0 Å². The zero-order valence-corrected chi connectivity index (χ0v) is 16.6. The predicted molar refractivity (Wildman–Crippen MR) is 109 cm³/mol. The second-order valence-corrected chi connectivity index (χ2v) is 8.23. The SMILES string of the molecule is Cc1ccc(S(=O)(=O)NC(=O)c2c(C)cccc2-c2ccc([N+](=O)[O-])cc2)cc1. The van der Waals surface area contributed by atoms with Gasteiger partial charge in [0, 0.05) is 12.1 Å². The number of carbonyl (C=O) groups is 1. The van der Waals surface area contributed by atoms with Crippen molar-refractivity contribution in [1.82, 2.24) is 4.72 Å². The molecular formula is C21H18N2O5S. The molecule has 3 aromatic rings. The monoisotopic (exact) mass is 410 g/mol. The van der Waals surface area contributed by atoms with E-state index in [1.807, 2.05) is 6.92 Å². The molecule has 1 amide bonds. The zero-order valence-electron chi connectivity index (χ0n) is 15.7. The van der Waals surface area contributed by atoms with Crippen LogP contribution in [0.2, 0.25) is 0 Å². The molecule has 0 aromatic heterocycles. The standard InChI is InChI=1S/C21H18N2O5S/c1-14-6-12-18(13-7-14)29(27,28)22-21(24)20-15(2)4-3-5-19(20)16-8-10-17(11-9-16)23(25)26/h3-13H,1-2H3,(H,22,24). The van der Waals surface area contributed by atoms with E-state index in [0.29, 0.717) is 16.7 Å². The molecule has 29 heavy (non-hydrogen) atoms. The van der Waals surface area contributed by atoms with E-state index in [0.717, 1.165) is 5.56 Å². The van der Waals surface area contributed by atoms with Crippen molar-refractivity contribution < 1.29 is 18.1 Å². The minimum Gasteiger partial charge on any atom is -0.268 e. The maximum absolute atomic E-state index is 12.9. The van der Waals surface area contributed by atoms with Gasteiger partial charge in [-0.15, -0.1) is 0 Å². The molecule has 3 aromatic carbocycles. The number of nitrogens with one attached hydrogen (secondary N) is 1. The largest absolute Gasteiger partial charge is 0.269 e. The van der Waals surface area contributed by atoms with Gasteiger partial charge in [-0.3, -0.25) is 14.9 Å². The van der Waals surface area contributed by atoms with Gasteiger partial charge in [0.05, 0.1) is 15.4 Å². The first-order valence-corrected chi connectivity index (χ1v) is 10.2. The second-order valence-electron chi connectivity index (χ2n) is 6.55. The fourth-order valence-corrected chi connectivity index (χ4v) is 3.88. The molecule has 0 fully saturated rings. The Kier molecular flexibility index (Phi) is 5.47. The molecule has 0 atom stereocenters. The molecule has 0 aliphatic carbocycles. The van der Waals surface area contributed by atoms with Gasteiger partial charge in [0.25, 0.3) is 21.6 Å². The Morgan fingerprint density at radius 1 is 0.931 bits per heavy atom. The minimum atomic E-state index is -4.05. The molecule has 0 heterocycles. The Hall–Kier alpha value is -3.52. The number of benzene rings is 3. The lowest BCUT2D eigenvalue weighted by molar-refractivity contribution is -0.384. The molecule has 0 aliphatic heterocycles. The van der Waals surface area contributed by atoms with Gasteiger partial charge in [0.15, 0.2) is 0 Å². The Labute approximate surface area is 168 Å². The van der Waals surface area contributed by atoms with E-state index in [9.17, 15) is 23.3 Å². The highest BCUT2D eigenvalue weighted by atomic mass is 32.2. The van der Waals surface area contributed by atoms with Gasteiger partial charge in [-0.25, -0.2) is 13.1 Å². The third-order valence-corrected chi connectivity index (χ3v) is 5.79. The molecule has 148 valence electrons. The minimum absolute atomic E-state index is 0.0121. The molecule has 7 nitrogen and oxygen atoms in total. The first-order valence-electron chi connectivity index (χ1n) is 8.67. The summed E-state index contributed by atoms with van der Waals surface area (Å²) >= 11 is 0. The highest BCUT2D eigenvalue weighted by molar-refractivity contribution is 7.90. The second kappa shape index (κ2) is 7.84. The summed E-state index contributed by atoms with van der Waals surface area (Å²) in [5.41, 5.74) is 2.65. The van der Waals surface area contributed by atoms with Gasteiger partial charge in [0.2, 0.25) is 0 Å². The summed E-state index contributed by atoms with van der Waals surface area (Å²) in [6, 6.07) is 17.0. The Morgan fingerprint density at radius 3 is 2.14 bits per heavy atom. The van der Waals surface area contributed by atoms with Crippen LogP contribution >= 0.6 is 0 Å². The lowest BCUT2D eigenvalue weighted by atomic mass is 9.95. The van der Waals surface area contributed by atoms with Crippen molar-refractivity contribution in [2.45, 2.75) is 18.7 Å². The van der Waals surface area contributed by atoms with Crippen LogP contribution in [0.15, 0.2) is 71.6 Å². The van der Waals surface area contributed by atoms with Crippen molar-refractivity contribution in [2.75, 3.05) is 0 Å². The zero-order chi connectivity index (χ0) is 21.2. The summed E-state index contributed by atoms with van der Waals surface area (Å²) in [7, 11) is -4.05. The van der Waals surface area contributed by atoms with Crippen LogP contribution in [0, 0.1) is 24.0 Å². The van der Waals surface area contributed by atoms with Crippen molar-refractivity contribution in [3.63, 3.8) is 0 Å². The van der Waals surface area contributed by atoms with E-state index in [-0.39, 0.29) is 16.1 Å². The van der Waals surface area contributed by atoms with E-state index < -0.39 is 20.9 Å². The van der Waals surface area contributed by atoms with Gasteiger partial charge in [0.1, 0.15) is 0 Å². The number of non-ortho nitro benzene ring substituents is 1. The summed E-state index contributed by atoms with van der Waals surface area (Å²) in [6.07, 6.45) is 0. The highest BCUT2D eigenvalue weighted by Gasteiger charge is 2.22. The van der Waals surface area contributed by atoms with E-state index in [1.54, 1.807) is 37.3 Å². The molecule has 0 aliphatic rings. The molecule has 0 bridgehead atoms. The quantitative estimate of drug-likeness (QED) is 0.505. The Bertz CT molecular complexity index is 1180. The lowest BCUT2D eigenvalue weighted by Gasteiger charge is -2.13. The van der Waals surface area contributed by atoms with Gasteiger partial charge in [-0.1, -0.05) is 35.9 Å². The fourth-order valence-electron chi connectivity index (χ4n) is 2.92. The molecule has 0 saturated heterocycles. The average molecular weight is 410 g/mol. The molecule has 3 rings (SSSR count). The summed E-state index contributed by atoms with van der Waals surface area (Å²) in [6.45, 7) is 3.53. The molecule has 8 heteroatoms. The maximum atomic E-state index is 12.9. The number of rotatable bonds is 5. The number of carbonyl (C=O) groups excluding carboxylic acids is 1. The topological polar surface area (TPSA) is 106 Å². The van der Waals surface area contributed by atoms with Crippen molar-refractivity contribution in [1.29, 1.82) is 0 Å². The van der Waals surface area contributed by atoms with Crippen LogP contribution < -0.4 is 4.72 Å². The van der Waals surface area contributed by atoms with Crippen molar-refractivity contribution in [3.8, 4) is 11.1 Å². The first kappa shape index (κ1) is 20.2. The molecule has 0 spiro atoms. The number of hydrogen-bond donors (Lipinski definition) is 1. The molecule has 1 N–H and O–H groups in total. The normalized spacial score (nSPS) is 11.1. The number of amides is 1. The molecule has 0 radical (unpaired) electrons. The highest BCUT2D eigenvalue weighted by Crippen LogP contribution is 2.28. The van der Waals surface area contributed by atoms with Gasteiger partial charge in [-0.2, -0.15) is 0 Å². The van der Waals surface area contributed by atoms with Crippen LogP contribution in [-0.2, 0) is 10.0 Å². The van der Waals surface area contributed by atoms with Crippen molar-refractivity contribution in [2.24, 2.45) is 0 Å². The summed E-state index contributed by atoms with van der Waals surface area (Å²) in [5, 5.41) is 10.9. The van der Waals surface area contributed by atoms with E-state index >= 15 is 0 Å². The number of aryl methyl sites for hydroxylation is 2. The Balaban J connectivity index is 1.99.